The minimum atomic E-state index is 0.0580. The normalized spacial score (nSPS) is 15.0. The fraction of sp³-hybridized carbons (Fsp3) is 0.360. The average Bonchev–Trinajstić information content (AvgIpc) is 2.78. The van der Waals surface area contributed by atoms with Gasteiger partial charge in [0.15, 0.2) is 0 Å². The lowest BCUT2D eigenvalue weighted by Crippen LogP contribution is -2.48. The van der Waals surface area contributed by atoms with Crippen molar-refractivity contribution in [2.75, 3.05) is 26.2 Å². The van der Waals surface area contributed by atoms with E-state index in [0.717, 1.165) is 49.9 Å². The number of unbranched alkanes of at least 4 members (excludes halogenated alkanes) is 1. The Morgan fingerprint density at radius 1 is 0.966 bits per heavy atom. The summed E-state index contributed by atoms with van der Waals surface area (Å²) in [6.45, 7) is 6.43. The highest BCUT2D eigenvalue weighted by Crippen LogP contribution is 2.22. The molecule has 2 heterocycles. The van der Waals surface area contributed by atoms with Crippen molar-refractivity contribution in [3.8, 4) is 0 Å². The van der Waals surface area contributed by atoms with Crippen molar-refractivity contribution in [1.29, 1.82) is 0 Å². The monoisotopic (exact) mass is 387 g/mol. The van der Waals surface area contributed by atoms with Gasteiger partial charge in [-0.2, -0.15) is 0 Å². The molecular formula is C25H29N3O. The van der Waals surface area contributed by atoms with Gasteiger partial charge in [-0.05, 0) is 41.5 Å². The minimum absolute atomic E-state index is 0.0580. The molecule has 0 saturated carbocycles. The third-order valence-electron chi connectivity index (χ3n) is 5.76. The molecule has 150 valence electrons. The molecule has 1 saturated heterocycles. The van der Waals surface area contributed by atoms with Gasteiger partial charge in [0.1, 0.15) is 5.69 Å². The zero-order valence-corrected chi connectivity index (χ0v) is 17.2. The predicted octanol–water partition coefficient (Wildman–Crippen LogP) is 4.54. The van der Waals surface area contributed by atoms with E-state index in [1.807, 2.05) is 17.0 Å². The Morgan fingerprint density at radius 2 is 1.76 bits per heavy atom. The van der Waals surface area contributed by atoms with Gasteiger partial charge < -0.3 is 4.90 Å². The van der Waals surface area contributed by atoms with Crippen molar-refractivity contribution in [3.05, 3.63) is 77.6 Å². The molecule has 1 aliphatic rings. The highest BCUT2D eigenvalue weighted by atomic mass is 16.2. The molecule has 0 N–H and O–H groups in total. The van der Waals surface area contributed by atoms with Crippen molar-refractivity contribution in [2.24, 2.45) is 0 Å². The maximum atomic E-state index is 13.2. The topological polar surface area (TPSA) is 36.4 Å². The number of hydrogen-bond donors (Lipinski definition) is 0. The van der Waals surface area contributed by atoms with Crippen LogP contribution in [0.2, 0.25) is 0 Å². The Bertz CT molecular complexity index is 962. The number of amides is 1. The van der Waals surface area contributed by atoms with Crippen LogP contribution in [0.5, 0.6) is 0 Å². The molecule has 0 spiro atoms. The maximum absolute atomic E-state index is 13.2. The first kappa shape index (κ1) is 19.6. The predicted molar refractivity (Wildman–Crippen MR) is 118 cm³/mol. The SMILES string of the molecule is CCCCc1ccc2ccnc(C(=O)N3CCN(Cc4ccccc4)CC3)c2c1. The molecule has 1 aliphatic heterocycles. The average molecular weight is 388 g/mol. The van der Waals surface area contributed by atoms with Crippen molar-refractivity contribution >= 4 is 16.7 Å². The highest BCUT2D eigenvalue weighted by Gasteiger charge is 2.24. The quantitative estimate of drug-likeness (QED) is 0.623. The van der Waals surface area contributed by atoms with Gasteiger partial charge in [-0.25, -0.2) is 0 Å². The van der Waals surface area contributed by atoms with Crippen molar-refractivity contribution in [1.82, 2.24) is 14.8 Å². The molecule has 0 bridgehead atoms. The van der Waals surface area contributed by atoms with Gasteiger partial charge in [-0.15, -0.1) is 0 Å². The standard InChI is InChI=1S/C25H29N3O/c1-2-3-7-20-10-11-22-12-13-26-24(23(22)18-20)25(29)28-16-14-27(15-17-28)19-21-8-5-4-6-9-21/h4-6,8-13,18H,2-3,7,14-17,19H2,1H3. The fourth-order valence-electron chi connectivity index (χ4n) is 4.02. The molecule has 0 radical (unpaired) electrons. The molecule has 29 heavy (non-hydrogen) atoms. The van der Waals surface area contributed by atoms with Crippen LogP contribution in [0, 0.1) is 0 Å². The van der Waals surface area contributed by atoms with Gasteiger partial charge in [0, 0.05) is 44.3 Å². The van der Waals surface area contributed by atoms with Crippen LogP contribution in [0.4, 0.5) is 0 Å². The first-order chi connectivity index (χ1) is 14.2. The second kappa shape index (κ2) is 9.19. The summed E-state index contributed by atoms with van der Waals surface area (Å²) in [6.07, 6.45) is 5.14. The van der Waals surface area contributed by atoms with Gasteiger partial charge in [-0.3, -0.25) is 14.7 Å². The molecule has 3 aromatic rings. The van der Waals surface area contributed by atoms with Gasteiger partial charge in [0.2, 0.25) is 0 Å². The Hall–Kier alpha value is -2.72. The van der Waals surface area contributed by atoms with E-state index < -0.39 is 0 Å². The summed E-state index contributed by atoms with van der Waals surface area (Å²) in [5, 5.41) is 2.07. The zero-order chi connectivity index (χ0) is 20.1. The molecule has 0 unspecified atom stereocenters. The molecule has 1 amide bonds. The number of pyridine rings is 1. The van der Waals surface area contributed by atoms with Crippen LogP contribution in [-0.4, -0.2) is 46.9 Å². The molecular weight excluding hydrogens is 358 g/mol. The molecule has 2 aromatic carbocycles. The van der Waals surface area contributed by atoms with Crippen LogP contribution in [0.25, 0.3) is 10.8 Å². The summed E-state index contributed by atoms with van der Waals surface area (Å²) >= 11 is 0. The van der Waals surface area contributed by atoms with E-state index in [4.69, 9.17) is 0 Å². The molecule has 4 heteroatoms. The third-order valence-corrected chi connectivity index (χ3v) is 5.76. The molecule has 4 nitrogen and oxygen atoms in total. The lowest BCUT2D eigenvalue weighted by molar-refractivity contribution is 0.0625. The number of benzene rings is 2. The smallest absolute Gasteiger partial charge is 0.273 e. The van der Waals surface area contributed by atoms with Crippen molar-refractivity contribution < 1.29 is 4.79 Å². The second-order valence-electron chi connectivity index (χ2n) is 7.87. The summed E-state index contributed by atoms with van der Waals surface area (Å²) in [4.78, 5) is 22.1. The zero-order valence-electron chi connectivity index (χ0n) is 17.2. The molecule has 0 atom stereocenters. The summed E-state index contributed by atoms with van der Waals surface area (Å²) in [5.74, 6) is 0.0580. The van der Waals surface area contributed by atoms with Crippen molar-refractivity contribution in [2.45, 2.75) is 32.7 Å². The molecule has 1 fully saturated rings. The summed E-state index contributed by atoms with van der Waals surface area (Å²) < 4.78 is 0. The van der Waals surface area contributed by atoms with E-state index in [1.54, 1.807) is 6.20 Å². The van der Waals surface area contributed by atoms with Gasteiger partial charge in [0.25, 0.3) is 5.91 Å². The Kier molecular flexibility index (Phi) is 6.20. The summed E-state index contributed by atoms with van der Waals surface area (Å²) in [6, 6.07) is 19.0. The van der Waals surface area contributed by atoms with Crippen LogP contribution in [0.1, 0.15) is 41.4 Å². The van der Waals surface area contributed by atoms with Gasteiger partial charge in [0.05, 0.1) is 0 Å². The first-order valence-electron chi connectivity index (χ1n) is 10.7. The van der Waals surface area contributed by atoms with E-state index in [1.165, 1.54) is 24.0 Å². The Morgan fingerprint density at radius 3 is 2.52 bits per heavy atom. The lowest BCUT2D eigenvalue weighted by atomic mass is 10.0. The van der Waals surface area contributed by atoms with E-state index in [9.17, 15) is 4.79 Å². The highest BCUT2D eigenvalue weighted by molar-refractivity contribution is 6.05. The van der Waals surface area contributed by atoms with Crippen LogP contribution < -0.4 is 0 Å². The second-order valence-corrected chi connectivity index (χ2v) is 7.87. The van der Waals surface area contributed by atoms with Crippen LogP contribution >= 0.6 is 0 Å². The number of hydrogen-bond acceptors (Lipinski definition) is 3. The molecule has 0 aliphatic carbocycles. The summed E-state index contributed by atoms with van der Waals surface area (Å²) in [7, 11) is 0. The minimum Gasteiger partial charge on any atom is -0.335 e. The lowest BCUT2D eigenvalue weighted by Gasteiger charge is -2.34. The number of carbonyl (C=O) groups is 1. The number of carbonyl (C=O) groups excluding carboxylic acids is 1. The number of aromatic nitrogens is 1. The number of nitrogens with zero attached hydrogens (tertiary/aromatic N) is 3. The van der Waals surface area contributed by atoms with Gasteiger partial charge in [-0.1, -0.05) is 55.8 Å². The third kappa shape index (κ3) is 4.65. The number of fused-ring (bicyclic) bond motifs is 1. The van der Waals surface area contributed by atoms with Gasteiger partial charge >= 0.3 is 0 Å². The number of aryl methyl sites for hydroxylation is 1. The van der Waals surface area contributed by atoms with E-state index in [-0.39, 0.29) is 5.91 Å². The van der Waals surface area contributed by atoms with Crippen LogP contribution in [-0.2, 0) is 13.0 Å². The number of rotatable bonds is 6. The van der Waals surface area contributed by atoms with Crippen LogP contribution in [0.15, 0.2) is 60.8 Å². The van der Waals surface area contributed by atoms with Crippen molar-refractivity contribution in [3.63, 3.8) is 0 Å². The maximum Gasteiger partial charge on any atom is 0.273 e. The van der Waals surface area contributed by atoms with E-state index in [2.05, 4.69) is 59.3 Å². The molecule has 1 aromatic heterocycles. The number of piperazine rings is 1. The summed E-state index contributed by atoms with van der Waals surface area (Å²) in [5.41, 5.74) is 3.20. The van der Waals surface area contributed by atoms with E-state index in [0.29, 0.717) is 5.69 Å². The fourth-order valence-corrected chi connectivity index (χ4v) is 4.02. The Labute approximate surface area is 173 Å². The Balaban J connectivity index is 1.46. The molecule has 4 rings (SSSR count). The largest absolute Gasteiger partial charge is 0.335 e. The first-order valence-corrected chi connectivity index (χ1v) is 10.7. The van der Waals surface area contributed by atoms with E-state index >= 15 is 0 Å². The van der Waals surface area contributed by atoms with Crippen LogP contribution in [0.3, 0.4) is 0 Å².